The average molecular weight is 1820 g/mol. The smallest absolute Gasteiger partial charge is 0.326 e. The lowest BCUT2D eigenvalue weighted by molar-refractivity contribution is -0.144. The summed E-state index contributed by atoms with van der Waals surface area (Å²) >= 11 is 0. The van der Waals surface area contributed by atoms with Crippen molar-refractivity contribution in [1.29, 1.82) is 0 Å². The van der Waals surface area contributed by atoms with E-state index in [1.807, 2.05) is 0 Å². The monoisotopic (exact) mass is 1820 g/mol. The normalized spacial score (nSPS) is 16.2. The summed E-state index contributed by atoms with van der Waals surface area (Å²) in [5.74, 6) is -20.6. The van der Waals surface area contributed by atoms with Crippen molar-refractivity contribution in [3.63, 3.8) is 0 Å². The molecule has 0 aromatic heterocycles. The van der Waals surface area contributed by atoms with Crippen LogP contribution >= 0.6 is 0 Å². The van der Waals surface area contributed by atoms with Crippen LogP contribution in [0.5, 0.6) is 0 Å². The maximum Gasteiger partial charge on any atom is 0.326 e. The van der Waals surface area contributed by atoms with Crippen LogP contribution in [0.25, 0.3) is 0 Å². The molecular weight excluding hydrogens is 1690 g/mol. The zero-order valence-electron chi connectivity index (χ0n) is 74.3. The first kappa shape index (κ1) is 111. The van der Waals surface area contributed by atoms with Crippen molar-refractivity contribution in [3.8, 4) is 0 Å². The molecule has 2 aromatic carbocycles. The van der Waals surface area contributed by atoms with E-state index in [1.165, 1.54) is 0 Å². The number of hydrogen-bond donors (Lipinski definition) is 25. The molecular formula is C84H134N20O25. The number of benzene rings is 2. The van der Waals surface area contributed by atoms with Crippen molar-refractivity contribution in [2.45, 2.75) is 280 Å². The van der Waals surface area contributed by atoms with E-state index in [0.717, 1.165) is 18.7 Å². The highest BCUT2D eigenvalue weighted by Crippen LogP contribution is 2.22. The summed E-state index contributed by atoms with van der Waals surface area (Å²) in [6.07, 6.45) is -6.12. The fraction of sp³-hybridized carbons (Fsp3) is 0.631. The van der Waals surface area contributed by atoms with Crippen LogP contribution in [-0.2, 0) is 104 Å². The van der Waals surface area contributed by atoms with Gasteiger partial charge < -0.3 is 139 Å². The molecule has 0 aliphatic carbocycles. The summed E-state index contributed by atoms with van der Waals surface area (Å²) < 4.78 is 0. The van der Waals surface area contributed by atoms with E-state index < -0.39 is 261 Å². The van der Waals surface area contributed by atoms with Crippen molar-refractivity contribution >= 4 is 112 Å². The molecule has 0 spiro atoms. The third-order valence-corrected chi connectivity index (χ3v) is 20.6. The quantitative estimate of drug-likeness (QED) is 0.0274. The number of aliphatic hydroxyl groups is 4. The fourth-order valence-corrected chi connectivity index (χ4v) is 13.7. The summed E-state index contributed by atoms with van der Waals surface area (Å²) in [6.45, 7) is 9.66. The van der Waals surface area contributed by atoms with Crippen molar-refractivity contribution in [2.24, 2.45) is 46.4 Å². The number of nitrogens with two attached hydrogens (primary N) is 5. The molecule has 0 saturated carbocycles. The molecule has 45 heteroatoms. The van der Waals surface area contributed by atoms with Gasteiger partial charge in [-0.1, -0.05) is 102 Å². The predicted octanol–water partition coefficient (Wildman–Crippen LogP) is -7.17. The number of aliphatic carboxylic acids is 2. The van der Waals surface area contributed by atoms with Crippen LogP contribution in [0.1, 0.15) is 176 Å². The maximum absolute atomic E-state index is 15.1. The van der Waals surface area contributed by atoms with Gasteiger partial charge in [-0.25, -0.2) is 4.79 Å². The van der Waals surface area contributed by atoms with Crippen LogP contribution in [-0.4, -0.2) is 290 Å². The topological polar surface area (TPSA) is 747 Å². The number of unbranched alkanes of at least 4 members (excludes halogenated alkanes) is 2. The molecule has 0 unspecified atom stereocenters. The van der Waals surface area contributed by atoms with E-state index >= 15 is 9.59 Å². The van der Waals surface area contributed by atoms with Gasteiger partial charge in [-0.3, -0.25) is 86.3 Å². The molecule has 1 aliphatic heterocycles. The van der Waals surface area contributed by atoms with Crippen molar-refractivity contribution in [3.05, 3.63) is 71.8 Å². The van der Waals surface area contributed by atoms with Crippen LogP contribution in [0.4, 0.5) is 0 Å². The molecule has 1 saturated heterocycles. The second-order valence-corrected chi connectivity index (χ2v) is 33.2. The van der Waals surface area contributed by atoms with Crippen LogP contribution in [0.2, 0.25) is 0 Å². The second kappa shape index (κ2) is 57.8. The number of aliphatic hydroxyl groups excluding tert-OH is 4. The van der Waals surface area contributed by atoms with Gasteiger partial charge >= 0.3 is 11.9 Å². The van der Waals surface area contributed by atoms with Crippen LogP contribution in [0.3, 0.4) is 0 Å². The molecule has 30 N–H and O–H groups in total. The van der Waals surface area contributed by atoms with E-state index in [4.69, 9.17) is 28.7 Å². The molecule has 3 rings (SSSR count). The molecule has 720 valence electrons. The number of hydrogen-bond acceptors (Lipinski definition) is 26. The van der Waals surface area contributed by atoms with Gasteiger partial charge in [-0.05, 0) is 146 Å². The van der Waals surface area contributed by atoms with Gasteiger partial charge in [-0.2, -0.15) is 0 Å². The lowest BCUT2D eigenvalue weighted by Gasteiger charge is -2.31. The van der Waals surface area contributed by atoms with Crippen LogP contribution in [0, 0.1) is 17.8 Å². The number of primary amides is 2. The van der Waals surface area contributed by atoms with E-state index in [1.54, 1.807) is 102 Å². The second-order valence-electron chi connectivity index (χ2n) is 33.2. The SMILES string of the molecule is CC(C)C[C@H](NC(=O)[C@H](CC(C)C)NC(=O)[C@H](CC(C)C)NC(=O)[C@H](CO)NC(=O)[C@H](CCCCN)NC(=O)[C@H](CCC(N)=O)NC(=O)[C@H](CCCCN)NC(=O)[C@H](Cc1ccccc1)NC(=O)[C@H](Cc1ccccc1)NC(=O)[C@@H]1CCCN1C(=O)[C@H](CCC(=O)O)NC(=O)[C@@H](NC(=O)CNC(=O)[C@@H](NC(=O)[C@H](CO)NC(=O)[C@@H](N)CCC(N)=O)[C@@H](C)O)[C@@H](C)O)C(=O)O. The van der Waals surface area contributed by atoms with Crippen molar-refractivity contribution in [2.75, 3.05) is 39.4 Å². The minimum absolute atomic E-state index is 0.0238. The number of carboxylic acids is 2. The highest BCUT2D eigenvalue weighted by molar-refractivity contribution is 6.01. The number of carbonyl (C=O) groups excluding carboxylic acids is 17. The minimum Gasteiger partial charge on any atom is -0.481 e. The summed E-state index contributed by atoms with van der Waals surface area (Å²) in [4.78, 5) is 261. The van der Waals surface area contributed by atoms with Crippen molar-refractivity contribution in [1.82, 2.24) is 79.3 Å². The van der Waals surface area contributed by atoms with Crippen molar-refractivity contribution < 1.29 is 122 Å². The molecule has 129 heavy (non-hydrogen) atoms. The molecule has 17 atom stereocenters. The van der Waals surface area contributed by atoms with E-state index in [0.29, 0.717) is 24.0 Å². The largest absolute Gasteiger partial charge is 0.481 e. The summed E-state index contributed by atoms with van der Waals surface area (Å²) in [6, 6.07) is -7.37. The van der Waals surface area contributed by atoms with E-state index in [9.17, 15) is 112 Å². The fourth-order valence-electron chi connectivity index (χ4n) is 13.7. The van der Waals surface area contributed by atoms with Gasteiger partial charge in [-0.15, -0.1) is 0 Å². The number of rotatable bonds is 61. The molecule has 17 amide bonds. The Balaban J connectivity index is 1.97. The Morgan fingerprint density at radius 1 is 0.395 bits per heavy atom. The molecule has 0 bridgehead atoms. The standard InChI is InChI=1S/C84H134N20O25/c1-44(2)36-56(74(118)95-57(37-45(3)4)75(119)99-60(84(128)129)38-46(5)6)96-78(122)61(42-105)101-72(116)53(25-16-18-34-86)91-73(117)54(28-31-65(89)110)93-71(115)52(24-15-17-33-85)92-76(120)58(39-49-20-11-9-12-21-49)97-77(121)59(40-50-22-13-10-14-23-50)98-80(124)63-26-19-35-104(63)83(127)55(29-32-67(112)113)94-82(126)69(48(8)108)102-66(111)41-90-81(125)68(47(7)107)103-79(123)62(43-106)100-70(114)51(87)27-30-64(88)109/h9-14,20-23,44-48,51-63,68-69,105-108H,15-19,24-43,85-87H2,1-8H3,(H2,88,109)(H2,89,110)(H,90,125)(H,91,117)(H,92,120)(H,93,115)(H,94,126)(H,95,118)(H,96,122)(H,97,121)(H,98,124)(H,99,119)(H,100,114)(H,101,116)(H,102,111)(H,103,123)(H,112,113)(H,128,129)/t47-,48-,51+,52+,53+,54+,55+,56+,57+,58+,59+,60+,61+,62+,63+,68+,69+/m1/s1. The average Bonchev–Trinajstić information content (AvgIpc) is 1.73. The van der Waals surface area contributed by atoms with Gasteiger partial charge in [0.1, 0.15) is 84.6 Å². The Kier molecular flexibility index (Phi) is 49.9. The Bertz CT molecular complexity index is 4070. The minimum atomic E-state index is -1.95. The van der Waals surface area contributed by atoms with Gasteiger partial charge in [0.2, 0.25) is 100 Å². The third-order valence-electron chi connectivity index (χ3n) is 20.6. The summed E-state index contributed by atoms with van der Waals surface area (Å²) in [7, 11) is 0. The highest BCUT2D eigenvalue weighted by Gasteiger charge is 2.43. The zero-order valence-corrected chi connectivity index (χ0v) is 74.3. The van der Waals surface area contributed by atoms with Crippen LogP contribution in [0.15, 0.2) is 60.7 Å². The Hall–Kier alpha value is -11.9. The first-order chi connectivity index (χ1) is 60.8. The lowest BCUT2D eigenvalue weighted by Crippen LogP contribution is -2.61. The third kappa shape index (κ3) is 41.0. The number of carboxylic acid groups (broad SMARTS) is 2. The number of nitrogens with zero attached hydrogens (tertiary/aromatic N) is 1. The summed E-state index contributed by atoms with van der Waals surface area (Å²) in [5.41, 5.74) is 29.1. The molecule has 2 aromatic rings. The molecule has 1 aliphatic rings. The van der Waals surface area contributed by atoms with Crippen LogP contribution < -0.4 is 103 Å². The van der Waals surface area contributed by atoms with E-state index in [-0.39, 0.29) is 121 Å². The first-order valence-electron chi connectivity index (χ1n) is 43.2. The van der Waals surface area contributed by atoms with Gasteiger partial charge in [0.05, 0.1) is 38.0 Å². The first-order valence-corrected chi connectivity index (χ1v) is 43.2. The summed E-state index contributed by atoms with van der Waals surface area (Å²) in [5, 5.41) is 95.7. The van der Waals surface area contributed by atoms with Gasteiger partial charge in [0.15, 0.2) is 0 Å². The predicted molar refractivity (Wildman–Crippen MR) is 464 cm³/mol. The molecule has 45 nitrogen and oxygen atoms in total. The lowest BCUT2D eigenvalue weighted by atomic mass is 9.99. The molecule has 1 fully saturated rings. The Labute approximate surface area is 748 Å². The molecule has 0 radical (unpaired) electrons. The number of amides is 17. The Morgan fingerprint density at radius 3 is 1.18 bits per heavy atom. The highest BCUT2D eigenvalue weighted by atomic mass is 16.4. The number of carbonyl (C=O) groups is 19. The van der Waals surface area contributed by atoms with E-state index in [2.05, 4.69) is 74.4 Å². The van der Waals surface area contributed by atoms with Gasteiger partial charge in [0, 0.05) is 38.6 Å². The number of likely N-dealkylation sites (tertiary alicyclic amines) is 1. The zero-order chi connectivity index (χ0) is 96.9. The maximum atomic E-state index is 15.1. The Morgan fingerprint density at radius 2 is 0.752 bits per heavy atom. The number of nitrogens with one attached hydrogen (secondary N) is 14. The molecule has 1 heterocycles. The van der Waals surface area contributed by atoms with Gasteiger partial charge in [0.25, 0.3) is 0 Å².